The smallest absolute Gasteiger partial charge is 0.325 e. The van der Waals surface area contributed by atoms with Gasteiger partial charge in [0.25, 0.3) is 0 Å². The molecule has 104 valence electrons. The predicted octanol–water partition coefficient (Wildman–Crippen LogP) is 1.72. The maximum Gasteiger partial charge on any atom is 0.325 e. The number of carboxylic acids is 1. The largest absolute Gasteiger partial charge is 0.497 e. The molecule has 0 aromatic heterocycles. The molecule has 1 aliphatic rings. The molecule has 19 heavy (non-hydrogen) atoms. The van der Waals surface area contributed by atoms with Crippen LogP contribution in [0.1, 0.15) is 19.8 Å². The van der Waals surface area contributed by atoms with Crippen molar-refractivity contribution in [3.05, 3.63) is 24.3 Å². The van der Waals surface area contributed by atoms with Gasteiger partial charge in [0.15, 0.2) is 14.6 Å². The van der Waals surface area contributed by atoms with Gasteiger partial charge < -0.3 is 9.84 Å². The van der Waals surface area contributed by atoms with Crippen LogP contribution in [-0.2, 0) is 14.6 Å². The molecule has 0 saturated heterocycles. The number of hydrogen-bond donors (Lipinski definition) is 1. The molecule has 1 aromatic carbocycles. The number of benzene rings is 1. The molecule has 0 spiro atoms. The van der Waals surface area contributed by atoms with Crippen LogP contribution in [0.5, 0.6) is 5.75 Å². The van der Waals surface area contributed by atoms with Crippen molar-refractivity contribution < 1.29 is 23.1 Å². The molecule has 1 aromatic rings. The van der Waals surface area contributed by atoms with Crippen LogP contribution in [0.3, 0.4) is 0 Å². The summed E-state index contributed by atoms with van der Waals surface area (Å²) in [4.78, 5) is 11.4. The lowest BCUT2D eigenvalue weighted by Crippen LogP contribution is -2.55. The Morgan fingerprint density at radius 1 is 1.32 bits per heavy atom. The number of hydrogen-bond acceptors (Lipinski definition) is 4. The van der Waals surface area contributed by atoms with Gasteiger partial charge in [0.2, 0.25) is 0 Å². The molecule has 0 bridgehead atoms. The Balaban J connectivity index is 2.43. The summed E-state index contributed by atoms with van der Waals surface area (Å²) in [5, 5.41) is 9.30. The van der Waals surface area contributed by atoms with E-state index in [9.17, 15) is 18.3 Å². The SMILES string of the molecule is COc1ccc(S(=O)(=O)C2(C(=O)O)CC(C)C2)cc1. The minimum absolute atomic E-state index is 0.0302. The molecule has 2 rings (SSSR count). The van der Waals surface area contributed by atoms with E-state index in [2.05, 4.69) is 0 Å². The standard InChI is InChI=1S/C13H16O5S/c1-9-7-13(8-9,12(14)15)19(16,17)11-5-3-10(18-2)4-6-11/h3-6,9H,7-8H2,1-2H3,(H,14,15). The first kappa shape index (κ1) is 13.9. The summed E-state index contributed by atoms with van der Waals surface area (Å²) in [7, 11) is -2.39. The molecule has 1 fully saturated rings. The number of rotatable bonds is 4. The molecule has 0 aliphatic heterocycles. The summed E-state index contributed by atoms with van der Waals surface area (Å²) < 4.78 is 28.3. The van der Waals surface area contributed by atoms with E-state index >= 15 is 0 Å². The third-order valence-corrected chi connectivity index (χ3v) is 6.06. The highest BCUT2D eigenvalue weighted by Gasteiger charge is 2.59. The van der Waals surface area contributed by atoms with Crippen LogP contribution < -0.4 is 4.74 Å². The molecule has 1 N–H and O–H groups in total. The lowest BCUT2D eigenvalue weighted by Gasteiger charge is -2.41. The number of aliphatic carboxylic acids is 1. The first-order valence-corrected chi connectivity index (χ1v) is 7.44. The minimum atomic E-state index is -3.88. The van der Waals surface area contributed by atoms with Crippen molar-refractivity contribution in [3.8, 4) is 5.75 Å². The lowest BCUT2D eigenvalue weighted by atomic mass is 9.75. The Hall–Kier alpha value is -1.56. The molecule has 0 atom stereocenters. The van der Waals surface area contributed by atoms with E-state index < -0.39 is 20.6 Å². The van der Waals surface area contributed by atoms with Crippen LogP contribution in [0.25, 0.3) is 0 Å². The van der Waals surface area contributed by atoms with Crippen LogP contribution in [0, 0.1) is 5.92 Å². The van der Waals surface area contributed by atoms with Gasteiger partial charge in [-0.25, -0.2) is 8.42 Å². The van der Waals surface area contributed by atoms with Crippen molar-refractivity contribution in [1.82, 2.24) is 0 Å². The third kappa shape index (κ3) is 2.00. The van der Waals surface area contributed by atoms with Crippen LogP contribution in [0.4, 0.5) is 0 Å². The second-order valence-electron chi connectivity index (χ2n) is 4.99. The number of methoxy groups -OCH3 is 1. The summed E-state index contributed by atoms with van der Waals surface area (Å²) in [5.41, 5.74) is 0. The van der Waals surface area contributed by atoms with Gasteiger partial charge in [-0.2, -0.15) is 0 Å². The Kier molecular flexibility index (Phi) is 3.30. The quantitative estimate of drug-likeness (QED) is 0.910. The zero-order chi connectivity index (χ0) is 14.3. The van der Waals surface area contributed by atoms with Crippen molar-refractivity contribution in [2.24, 2.45) is 5.92 Å². The fraction of sp³-hybridized carbons (Fsp3) is 0.462. The molecular formula is C13H16O5S. The summed E-state index contributed by atoms with van der Waals surface area (Å²) in [6.45, 7) is 1.85. The van der Waals surface area contributed by atoms with E-state index in [1.54, 1.807) is 0 Å². The first-order valence-electron chi connectivity index (χ1n) is 5.95. The van der Waals surface area contributed by atoms with Crippen LogP contribution >= 0.6 is 0 Å². The van der Waals surface area contributed by atoms with Gasteiger partial charge >= 0.3 is 5.97 Å². The van der Waals surface area contributed by atoms with Crippen molar-refractivity contribution in [2.75, 3.05) is 7.11 Å². The maximum absolute atomic E-state index is 12.5. The molecule has 0 radical (unpaired) electrons. The number of ether oxygens (including phenoxy) is 1. The van der Waals surface area contributed by atoms with E-state index in [4.69, 9.17) is 4.74 Å². The van der Waals surface area contributed by atoms with E-state index in [1.165, 1.54) is 31.4 Å². The molecule has 5 nitrogen and oxygen atoms in total. The molecule has 0 unspecified atom stereocenters. The van der Waals surface area contributed by atoms with E-state index in [1.807, 2.05) is 6.92 Å². The number of carbonyl (C=O) groups is 1. The number of sulfone groups is 1. The third-order valence-electron chi connectivity index (χ3n) is 3.63. The second-order valence-corrected chi connectivity index (χ2v) is 7.25. The van der Waals surface area contributed by atoms with Crippen LogP contribution in [-0.4, -0.2) is 31.4 Å². The van der Waals surface area contributed by atoms with Gasteiger partial charge in [-0.15, -0.1) is 0 Å². The maximum atomic E-state index is 12.5. The Morgan fingerprint density at radius 3 is 2.21 bits per heavy atom. The molecule has 1 aliphatic carbocycles. The highest BCUT2D eigenvalue weighted by Crippen LogP contribution is 2.46. The van der Waals surface area contributed by atoms with Crippen molar-refractivity contribution in [3.63, 3.8) is 0 Å². The van der Waals surface area contributed by atoms with Gasteiger partial charge in [0.05, 0.1) is 12.0 Å². The average Bonchev–Trinajstić information content (AvgIpc) is 2.34. The highest BCUT2D eigenvalue weighted by atomic mass is 32.2. The number of carboxylic acid groups (broad SMARTS) is 1. The van der Waals surface area contributed by atoms with Crippen molar-refractivity contribution >= 4 is 15.8 Å². The van der Waals surface area contributed by atoms with E-state index in [-0.39, 0.29) is 23.7 Å². The highest BCUT2D eigenvalue weighted by molar-refractivity contribution is 7.93. The summed E-state index contributed by atoms with van der Waals surface area (Å²) >= 11 is 0. The molecule has 1 saturated carbocycles. The molecule has 0 amide bonds. The van der Waals surface area contributed by atoms with Gasteiger partial charge in [0.1, 0.15) is 5.75 Å². The average molecular weight is 284 g/mol. The van der Waals surface area contributed by atoms with E-state index in [0.29, 0.717) is 5.75 Å². The first-order chi connectivity index (χ1) is 8.83. The molecular weight excluding hydrogens is 268 g/mol. The van der Waals surface area contributed by atoms with Gasteiger partial charge in [0, 0.05) is 0 Å². The molecule has 6 heteroatoms. The zero-order valence-electron chi connectivity index (χ0n) is 10.8. The Morgan fingerprint density at radius 2 is 1.84 bits per heavy atom. The fourth-order valence-corrected chi connectivity index (χ4v) is 4.74. The fourth-order valence-electron chi connectivity index (χ4n) is 2.56. The van der Waals surface area contributed by atoms with Crippen LogP contribution in [0.2, 0.25) is 0 Å². The van der Waals surface area contributed by atoms with Crippen molar-refractivity contribution in [2.45, 2.75) is 29.4 Å². The Bertz CT molecular complexity index is 582. The van der Waals surface area contributed by atoms with Crippen LogP contribution in [0.15, 0.2) is 29.2 Å². The molecule has 0 heterocycles. The zero-order valence-corrected chi connectivity index (χ0v) is 11.6. The topological polar surface area (TPSA) is 80.7 Å². The van der Waals surface area contributed by atoms with Gasteiger partial charge in [-0.05, 0) is 43.0 Å². The van der Waals surface area contributed by atoms with E-state index in [0.717, 1.165) is 0 Å². The lowest BCUT2D eigenvalue weighted by molar-refractivity contribution is -0.143. The van der Waals surface area contributed by atoms with Gasteiger partial charge in [-0.1, -0.05) is 6.92 Å². The second kappa shape index (κ2) is 4.52. The summed E-state index contributed by atoms with van der Waals surface area (Å²) in [6.07, 6.45) is 0.327. The van der Waals surface area contributed by atoms with Gasteiger partial charge in [-0.3, -0.25) is 4.79 Å². The van der Waals surface area contributed by atoms with Crippen molar-refractivity contribution in [1.29, 1.82) is 0 Å². The predicted molar refractivity (Wildman–Crippen MR) is 68.9 cm³/mol. The summed E-state index contributed by atoms with van der Waals surface area (Å²) in [6, 6.07) is 5.82. The Labute approximate surface area is 112 Å². The normalized spacial score (nSPS) is 26.5. The summed E-state index contributed by atoms with van der Waals surface area (Å²) in [5.74, 6) is -0.615. The monoisotopic (exact) mass is 284 g/mol. The minimum Gasteiger partial charge on any atom is -0.497 e.